The van der Waals surface area contributed by atoms with Crippen LogP contribution >= 0.6 is 23.4 Å². The first kappa shape index (κ1) is 16.6. The van der Waals surface area contributed by atoms with Gasteiger partial charge in [-0.3, -0.25) is 4.79 Å². The number of benzene rings is 2. The van der Waals surface area contributed by atoms with Gasteiger partial charge in [0.25, 0.3) is 5.91 Å². The van der Waals surface area contributed by atoms with Gasteiger partial charge in [-0.15, -0.1) is 0 Å². The largest absolute Gasteiger partial charge is 0.322 e. The monoisotopic (exact) mass is 354 g/mol. The molecule has 5 heteroatoms. The van der Waals surface area contributed by atoms with Crippen LogP contribution in [0.1, 0.15) is 15.9 Å². The first-order valence-electron chi connectivity index (χ1n) is 7.39. The van der Waals surface area contributed by atoms with E-state index in [0.717, 1.165) is 10.5 Å². The van der Waals surface area contributed by atoms with E-state index in [2.05, 4.69) is 10.3 Å². The van der Waals surface area contributed by atoms with Gasteiger partial charge in [0.05, 0.1) is 5.56 Å². The molecular formula is C19H15ClN2OS. The number of pyridine rings is 1. The van der Waals surface area contributed by atoms with Gasteiger partial charge in [0.15, 0.2) is 0 Å². The van der Waals surface area contributed by atoms with E-state index in [1.807, 2.05) is 49.4 Å². The SMILES string of the molecule is Cc1c(Cl)cccc1NC(=O)c1cccnc1Sc1ccccc1. The van der Waals surface area contributed by atoms with Crippen molar-refractivity contribution in [1.82, 2.24) is 4.98 Å². The molecule has 0 saturated carbocycles. The summed E-state index contributed by atoms with van der Waals surface area (Å²) >= 11 is 7.58. The minimum atomic E-state index is -0.202. The second-order valence-corrected chi connectivity index (χ2v) is 6.61. The van der Waals surface area contributed by atoms with E-state index in [4.69, 9.17) is 11.6 Å². The Bertz CT molecular complexity index is 868. The molecule has 0 bridgehead atoms. The predicted octanol–water partition coefficient (Wildman–Crippen LogP) is 5.45. The van der Waals surface area contributed by atoms with E-state index in [1.54, 1.807) is 24.4 Å². The maximum atomic E-state index is 12.7. The predicted molar refractivity (Wildman–Crippen MR) is 98.9 cm³/mol. The second-order valence-electron chi connectivity index (χ2n) is 5.14. The molecule has 0 saturated heterocycles. The van der Waals surface area contributed by atoms with Gasteiger partial charge in [0.1, 0.15) is 5.03 Å². The molecule has 0 aliphatic carbocycles. The summed E-state index contributed by atoms with van der Waals surface area (Å²) < 4.78 is 0. The van der Waals surface area contributed by atoms with Crippen molar-refractivity contribution in [3.05, 3.63) is 83.0 Å². The van der Waals surface area contributed by atoms with E-state index in [9.17, 15) is 4.79 Å². The lowest BCUT2D eigenvalue weighted by Crippen LogP contribution is -2.14. The fourth-order valence-electron chi connectivity index (χ4n) is 2.18. The Morgan fingerprint density at radius 1 is 1.04 bits per heavy atom. The normalized spacial score (nSPS) is 10.4. The number of aromatic nitrogens is 1. The maximum Gasteiger partial charge on any atom is 0.258 e. The Hall–Kier alpha value is -2.30. The molecule has 24 heavy (non-hydrogen) atoms. The topological polar surface area (TPSA) is 42.0 Å². The molecule has 1 N–H and O–H groups in total. The van der Waals surface area contributed by atoms with E-state index in [1.165, 1.54) is 11.8 Å². The lowest BCUT2D eigenvalue weighted by Gasteiger charge is -2.11. The lowest BCUT2D eigenvalue weighted by molar-refractivity contribution is 0.102. The molecule has 0 aliphatic heterocycles. The molecule has 1 heterocycles. The standard InChI is InChI=1S/C19H15ClN2OS/c1-13-16(20)10-5-11-17(13)22-18(23)15-9-6-12-21-19(15)24-14-7-3-2-4-8-14/h2-12H,1H3,(H,22,23). The number of nitrogens with one attached hydrogen (secondary N) is 1. The van der Waals surface area contributed by atoms with Gasteiger partial charge in [-0.05, 0) is 48.9 Å². The summed E-state index contributed by atoms with van der Waals surface area (Å²) in [4.78, 5) is 18.1. The van der Waals surface area contributed by atoms with Gasteiger partial charge in [0.2, 0.25) is 0 Å². The highest BCUT2D eigenvalue weighted by Gasteiger charge is 2.15. The van der Waals surface area contributed by atoms with E-state index in [-0.39, 0.29) is 5.91 Å². The van der Waals surface area contributed by atoms with Gasteiger partial charge < -0.3 is 5.32 Å². The third kappa shape index (κ3) is 3.78. The summed E-state index contributed by atoms with van der Waals surface area (Å²) in [6.07, 6.45) is 1.69. The molecule has 0 atom stereocenters. The smallest absolute Gasteiger partial charge is 0.258 e. The molecule has 0 fully saturated rings. The Labute approximate surface area is 150 Å². The van der Waals surface area contributed by atoms with Crippen LogP contribution in [-0.2, 0) is 0 Å². The molecule has 0 unspecified atom stereocenters. The van der Waals surface area contributed by atoms with Crippen molar-refractivity contribution in [2.75, 3.05) is 5.32 Å². The minimum Gasteiger partial charge on any atom is -0.322 e. The van der Waals surface area contributed by atoms with E-state index in [0.29, 0.717) is 21.3 Å². The van der Waals surface area contributed by atoms with Crippen molar-refractivity contribution >= 4 is 35.0 Å². The van der Waals surface area contributed by atoms with Crippen LogP contribution in [0.15, 0.2) is 76.8 Å². The van der Waals surface area contributed by atoms with Gasteiger partial charge in [-0.2, -0.15) is 0 Å². The molecule has 2 aromatic carbocycles. The highest BCUT2D eigenvalue weighted by atomic mass is 35.5. The summed E-state index contributed by atoms with van der Waals surface area (Å²) in [7, 11) is 0. The number of rotatable bonds is 4. The Morgan fingerprint density at radius 2 is 1.83 bits per heavy atom. The molecule has 3 aromatic rings. The van der Waals surface area contributed by atoms with Gasteiger partial charge in [-0.1, -0.05) is 47.6 Å². The average molecular weight is 355 g/mol. The van der Waals surface area contributed by atoms with Crippen LogP contribution in [0.3, 0.4) is 0 Å². The van der Waals surface area contributed by atoms with Crippen LogP contribution < -0.4 is 5.32 Å². The number of amides is 1. The fraction of sp³-hybridized carbons (Fsp3) is 0.0526. The average Bonchev–Trinajstić information content (AvgIpc) is 2.60. The fourth-order valence-corrected chi connectivity index (χ4v) is 3.25. The molecule has 3 nitrogen and oxygen atoms in total. The molecule has 0 spiro atoms. The quantitative estimate of drug-likeness (QED) is 0.677. The van der Waals surface area contributed by atoms with Crippen molar-refractivity contribution in [2.45, 2.75) is 16.8 Å². The molecule has 1 amide bonds. The number of hydrogen-bond donors (Lipinski definition) is 1. The number of carbonyl (C=O) groups excluding carboxylic acids is 1. The first-order valence-corrected chi connectivity index (χ1v) is 8.59. The third-order valence-corrected chi connectivity index (χ3v) is 4.93. The van der Waals surface area contributed by atoms with E-state index < -0.39 is 0 Å². The van der Waals surface area contributed by atoms with Crippen molar-refractivity contribution in [3.8, 4) is 0 Å². The van der Waals surface area contributed by atoms with Crippen LogP contribution in [0, 0.1) is 6.92 Å². The van der Waals surface area contributed by atoms with Crippen LogP contribution in [-0.4, -0.2) is 10.9 Å². The zero-order valence-electron chi connectivity index (χ0n) is 13.0. The molecular weight excluding hydrogens is 340 g/mol. The number of carbonyl (C=O) groups is 1. The van der Waals surface area contributed by atoms with Crippen molar-refractivity contribution in [2.24, 2.45) is 0 Å². The molecule has 0 radical (unpaired) electrons. The molecule has 120 valence electrons. The maximum absolute atomic E-state index is 12.7. The summed E-state index contributed by atoms with van der Waals surface area (Å²) in [5.41, 5.74) is 2.08. The van der Waals surface area contributed by atoms with Gasteiger partial charge in [-0.25, -0.2) is 4.98 Å². The highest BCUT2D eigenvalue weighted by molar-refractivity contribution is 7.99. The summed E-state index contributed by atoms with van der Waals surface area (Å²) in [6.45, 7) is 1.88. The molecule has 1 aromatic heterocycles. The van der Waals surface area contributed by atoms with Gasteiger partial charge in [0, 0.05) is 21.8 Å². The third-order valence-electron chi connectivity index (χ3n) is 3.49. The van der Waals surface area contributed by atoms with Crippen LogP contribution in [0.4, 0.5) is 5.69 Å². The number of anilines is 1. The lowest BCUT2D eigenvalue weighted by atomic mass is 10.2. The van der Waals surface area contributed by atoms with Crippen LogP contribution in [0.2, 0.25) is 5.02 Å². The summed E-state index contributed by atoms with van der Waals surface area (Å²) in [5.74, 6) is -0.202. The second kappa shape index (κ2) is 7.51. The molecule has 0 aliphatic rings. The Morgan fingerprint density at radius 3 is 2.62 bits per heavy atom. The number of hydrogen-bond acceptors (Lipinski definition) is 3. The van der Waals surface area contributed by atoms with Crippen molar-refractivity contribution in [3.63, 3.8) is 0 Å². The Balaban J connectivity index is 1.86. The molecule has 3 rings (SSSR count). The summed E-state index contributed by atoms with van der Waals surface area (Å²) in [6, 6.07) is 18.8. The number of nitrogens with zero attached hydrogens (tertiary/aromatic N) is 1. The van der Waals surface area contributed by atoms with Crippen LogP contribution in [0.5, 0.6) is 0 Å². The van der Waals surface area contributed by atoms with E-state index >= 15 is 0 Å². The zero-order chi connectivity index (χ0) is 16.9. The summed E-state index contributed by atoms with van der Waals surface area (Å²) in [5, 5.41) is 4.21. The van der Waals surface area contributed by atoms with Crippen molar-refractivity contribution in [1.29, 1.82) is 0 Å². The number of halogens is 1. The minimum absolute atomic E-state index is 0.202. The van der Waals surface area contributed by atoms with Crippen LogP contribution in [0.25, 0.3) is 0 Å². The highest BCUT2D eigenvalue weighted by Crippen LogP contribution is 2.29. The van der Waals surface area contributed by atoms with Crippen molar-refractivity contribution < 1.29 is 4.79 Å². The Kier molecular flexibility index (Phi) is 5.18. The first-order chi connectivity index (χ1) is 11.6. The zero-order valence-corrected chi connectivity index (χ0v) is 14.6. The van der Waals surface area contributed by atoms with Gasteiger partial charge >= 0.3 is 0 Å².